The summed E-state index contributed by atoms with van der Waals surface area (Å²) in [4.78, 5) is 31.4. The number of ether oxygens (including phenoxy) is 2. The molecule has 1 unspecified atom stereocenters. The molecule has 8 nitrogen and oxygen atoms in total. The molecule has 1 atom stereocenters. The number of nitrogens with zero attached hydrogens (tertiary/aromatic N) is 4. The molecule has 31 heavy (non-hydrogen) atoms. The van der Waals surface area contributed by atoms with Crippen molar-refractivity contribution in [1.82, 2.24) is 14.3 Å². The first kappa shape index (κ1) is 20.8. The quantitative estimate of drug-likeness (QED) is 0.564. The zero-order valence-corrected chi connectivity index (χ0v) is 18.5. The first-order valence-corrected chi connectivity index (χ1v) is 10.6. The van der Waals surface area contributed by atoms with E-state index >= 15 is 0 Å². The average Bonchev–Trinajstić information content (AvgIpc) is 3.30. The second-order valence-electron chi connectivity index (χ2n) is 7.02. The maximum atomic E-state index is 13.4. The Morgan fingerprint density at radius 2 is 2.03 bits per heavy atom. The Labute approximate surface area is 182 Å². The number of benzene rings is 1. The normalized spacial score (nSPS) is 16.1. The Morgan fingerprint density at radius 3 is 2.65 bits per heavy atom. The summed E-state index contributed by atoms with van der Waals surface area (Å²) in [5, 5.41) is 4.15. The van der Waals surface area contributed by atoms with Crippen LogP contribution in [0.25, 0.3) is 6.08 Å². The SMILES string of the molecule is CCOC(=O)C1=C(C)N=c2sc(=Cc3cnn(C)c3)c(=O)n2C1c1ccc(OC)cc1. The van der Waals surface area contributed by atoms with Crippen LogP contribution in [-0.4, -0.2) is 34.0 Å². The van der Waals surface area contributed by atoms with Crippen LogP contribution in [0, 0.1) is 0 Å². The van der Waals surface area contributed by atoms with Crippen LogP contribution < -0.4 is 19.6 Å². The van der Waals surface area contributed by atoms with Crippen molar-refractivity contribution in [2.75, 3.05) is 13.7 Å². The summed E-state index contributed by atoms with van der Waals surface area (Å²) in [5.41, 5.74) is 2.26. The molecule has 0 fully saturated rings. The Balaban J connectivity index is 1.94. The molecule has 3 heterocycles. The molecule has 1 aliphatic rings. The Kier molecular flexibility index (Phi) is 5.60. The van der Waals surface area contributed by atoms with Gasteiger partial charge in [0.15, 0.2) is 4.80 Å². The second kappa shape index (κ2) is 8.35. The number of aryl methyl sites for hydroxylation is 1. The van der Waals surface area contributed by atoms with Gasteiger partial charge in [-0.05, 0) is 37.6 Å². The van der Waals surface area contributed by atoms with Gasteiger partial charge in [-0.2, -0.15) is 5.10 Å². The number of methoxy groups -OCH3 is 1. The maximum absolute atomic E-state index is 13.4. The van der Waals surface area contributed by atoms with Gasteiger partial charge in [0.25, 0.3) is 5.56 Å². The van der Waals surface area contributed by atoms with Gasteiger partial charge in [-0.3, -0.25) is 14.0 Å². The largest absolute Gasteiger partial charge is 0.497 e. The van der Waals surface area contributed by atoms with E-state index in [4.69, 9.17) is 9.47 Å². The number of esters is 1. The monoisotopic (exact) mass is 438 g/mol. The van der Waals surface area contributed by atoms with Gasteiger partial charge in [-0.15, -0.1) is 0 Å². The van der Waals surface area contributed by atoms with Crippen LogP contribution in [-0.2, 0) is 16.6 Å². The summed E-state index contributed by atoms with van der Waals surface area (Å²) >= 11 is 1.28. The highest BCUT2D eigenvalue weighted by Crippen LogP contribution is 2.31. The van der Waals surface area contributed by atoms with Crippen LogP contribution in [0.15, 0.2) is 57.7 Å². The molecular weight excluding hydrogens is 416 g/mol. The third-order valence-electron chi connectivity index (χ3n) is 4.97. The molecule has 0 aliphatic carbocycles. The lowest BCUT2D eigenvalue weighted by molar-refractivity contribution is -0.139. The second-order valence-corrected chi connectivity index (χ2v) is 8.03. The smallest absolute Gasteiger partial charge is 0.338 e. The number of thiazole rings is 1. The topological polar surface area (TPSA) is 87.7 Å². The molecule has 0 bridgehead atoms. The highest BCUT2D eigenvalue weighted by atomic mass is 32.1. The number of rotatable bonds is 5. The summed E-state index contributed by atoms with van der Waals surface area (Å²) in [6, 6.07) is 6.66. The van der Waals surface area contributed by atoms with Crippen LogP contribution in [0.1, 0.15) is 31.0 Å². The van der Waals surface area contributed by atoms with Crippen LogP contribution in [0.4, 0.5) is 0 Å². The van der Waals surface area contributed by atoms with E-state index in [2.05, 4.69) is 10.1 Å². The van der Waals surface area contributed by atoms with Crippen molar-refractivity contribution in [1.29, 1.82) is 0 Å². The van der Waals surface area contributed by atoms with E-state index in [0.29, 0.717) is 26.4 Å². The summed E-state index contributed by atoms with van der Waals surface area (Å²) in [5.74, 6) is 0.206. The lowest BCUT2D eigenvalue weighted by Crippen LogP contribution is -2.39. The van der Waals surface area contributed by atoms with Crippen molar-refractivity contribution in [2.45, 2.75) is 19.9 Å². The van der Waals surface area contributed by atoms with Crippen LogP contribution in [0.2, 0.25) is 0 Å². The zero-order valence-electron chi connectivity index (χ0n) is 17.7. The van der Waals surface area contributed by atoms with Crippen molar-refractivity contribution >= 4 is 23.4 Å². The van der Waals surface area contributed by atoms with Crippen molar-refractivity contribution in [2.24, 2.45) is 12.0 Å². The molecule has 0 N–H and O–H groups in total. The number of carbonyl (C=O) groups is 1. The summed E-state index contributed by atoms with van der Waals surface area (Å²) in [6.07, 6.45) is 5.30. The van der Waals surface area contributed by atoms with Gasteiger partial charge in [0, 0.05) is 18.8 Å². The molecule has 0 spiro atoms. The summed E-state index contributed by atoms with van der Waals surface area (Å²) < 4.78 is 14.3. The van der Waals surface area contributed by atoms with Gasteiger partial charge in [0.1, 0.15) is 5.75 Å². The molecule has 160 valence electrons. The summed E-state index contributed by atoms with van der Waals surface area (Å²) in [7, 11) is 3.40. The van der Waals surface area contributed by atoms with Gasteiger partial charge in [-0.1, -0.05) is 23.5 Å². The lowest BCUT2D eigenvalue weighted by atomic mass is 9.96. The molecule has 9 heteroatoms. The first-order chi connectivity index (χ1) is 14.9. The molecule has 4 rings (SSSR count). The predicted molar refractivity (Wildman–Crippen MR) is 117 cm³/mol. The Morgan fingerprint density at radius 1 is 1.29 bits per heavy atom. The Bertz CT molecular complexity index is 1350. The maximum Gasteiger partial charge on any atom is 0.338 e. The Hall–Kier alpha value is -3.46. The van der Waals surface area contributed by atoms with Gasteiger partial charge in [-0.25, -0.2) is 9.79 Å². The van der Waals surface area contributed by atoms with Crippen molar-refractivity contribution in [3.05, 3.63) is 78.7 Å². The van der Waals surface area contributed by atoms with E-state index < -0.39 is 12.0 Å². The number of fused-ring (bicyclic) bond motifs is 1. The molecule has 2 aromatic heterocycles. The third-order valence-corrected chi connectivity index (χ3v) is 5.95. The molecular formula is C22H22N4O4S. The van der Waals surface area contributed by atoms with Crippen molar-refractivity contribution < 1.29 is 14.3 Å². The fourth-order valence-corrected chi connectivity index (χ4v) is 4.61. The van der Waals surface area contributed by atoms with Crippen molar-refractivity contribution in [3.63, 3.8) is 0 Å². The van der Waals surface area contributed by atoms with Crippen LogP contribution in [0.3, 0.4) is 0 Å². The van der Waals surface area contributed by atoms with E-state index in [1.807, 2.05) is 25.4 Å². The number of hydrogen-bond acceptors (Lipinski definition) is 7. The van der Waals surface area contributed by atoms with E-state index in [-0.39, 0.29) is 12.2 Å². The number of carbonyl (C=O) groups excluding carboxylic acids is 1. The predicted octanol–water partition coefficient (Wildman–Crippen LogP) is 1.54. The van der Waals surface area contributed by atoms with Crippen molar-refractivity contribution in [3.8, 4) is 5.75 Å². The summed E-state index contributed by atoms with van der Waals surface area (Å²) in [6.45, 7) is 3.75. The molecule has 0 saturated carbocycles. The molecule has 1 aliphatic heterocycles. The first-order valence-electron chi connectivity index (χ1n) is 9.75. The van der Waals surface area contributed by atoms with Gasteiger partial charge in [0.05, 0.1) is 41.8 Å². The minimum atomic E-state index is -0.641. The minimum absolute atomic E-state index is 0.220. The van der Waals surface area contributed by atoms with E-state index in [9.17, 15) is 9.59 Å². The lowest BCUT2D eigenvalue weighted by Gasteiger charge is -2.24. The van der Waals surface area contributed by atoms with E-state index in [1.54, 1.807) is 54.6 Å². The fraction of sp³-hybridized carbons (Fsp3) is 0.273. The fourth-order valence-electron chi connectivity index (χ4n) is 3.56. The highest BCUT2D eigenvalue weighted by molar-refractivity contribution is 7.07. The van der Waals surface area contributed by atoms with Crippen LogP contribution >= 0.6 is 11.3 Å². The molecule has 1 aromatic carbocycles. The molecule has 0 amide bonds. The molecule has 0 radical (unpaired) electrons. The molecule has 0 saturated heterocycles. The number of aromatic nitrogens is 3. The highest BCUT2D eigenvalue weighted by Gasteiger charge is 2.33. The number of allylic oxidation sites excluding steroid dienone is 1. The standard InChI is InChI=1S/C22H22N4O4S/c1-5-30-21(28)18-13(2)24-22-26(19(18)15-6-8-16(29-4)9-7-15)20(27)17(31-22)10-14-11-23-25(3)12-14/h6-12,19H,5H2,1-4H3. The zero-order chi connectivity index (χ0) is 22.1. The number of hydrogen-bond donors (Lipinski definition) is 0. The van der Waals surface area contributed by atoms with E-state index in [0.717, 1.165) is 11.1 Å². The minimum Gasteiger partial charge on any atom is -0.497 e. The van der Waals surface area contributed by atoms with Gasteiger partial charge < -0.3 is 9.47 Å². The van der Waals surface area contributed by atoms with Gasteiger partial charge in [0.2, 0.25) is 0 Å². The average molecular weight is 439 g/mol. The van der Waals surface area contributed by atoms with Crippen LogP contribution in [0.5, 0.6) is 5.75 Å². The van der Waals surface area contributed by atoms with E-state index in [1.165, 1.54) is 11.3 Å². The molecule has 3 aromatic rings. The third kappa shape index (κ3) is 3.84. The van der Waals surface area contributed by atoms with Gasteiger partial charge >= 0.3 is 5.97 Å².